The van der Waals surface area contributed by atoms with E-state index in [1.807, 2.05) is 13.8 Å². The second-order valence-electron chi connectivity index (χ2n) is 5.77. The summed E-state index contributed by atoms with van der Waals surface area (Å²) in [6.45, 7) is 5.11. The first-order chi connectivity index (χ1) is 9.28. The largest absolute Gasteiger partial charge is 0.489 e. The first-order valence-corrected chi connectivity index (χ1v) is 6.73. The van der Waals surface area contributed by atoms with Crippen molar-refractivity contribution in [3.63, 3.8) is 0 Å². The fourth-order valence-electron chi connectivity index (χ4n) is 1.95. The van der Waals surface area contributed by atoms with E-state index in [1.165, 1.54) is 0 Å². The molecule has 0 spiro atoms. The Morgan fingerprint density at radius 2 is 1.95 bits per heavy atom. The van der Waals surface area contributed by atoms with Crippen molar-refractivity contribution in [2.24, 2.45) is 11.1 Å². The number of hydrogen-bond donors (Lipinski definition) is 2. The van der Waals surface area contributed by atoms with Crippen molar-refractivity contribution < 1.29 is 19.4 Å². The summed E-state index contributed by atoms with van der Waals surface area (Å²) in [6.07, 6.45) is -0.190. The minimum Gasteiger partial charge on any atom is -0.489 e. The molecule has 0 fully saturated rings. The van der Waals surface area contributed by atoms with Crippen molar-refractivity contribution in [1.29, 1.82) is 0 Å². The highest BCUT2D eigenvalue weighted by molar-refractivity contribution is 6.31. The molecule has 1 unspecified atom stereocenters. The van der Waals surface area contributed by atoms with Crippen LogP contribution in [-0.4, -0.2) is 24.3 Å². The number of fused-ring (bicyclic) bond motifs is 1. The summed E-state index contributed by atoms with van der Waals surface area (Å²) in [4.78, 5) is 10.7. The molecule has 1 aliphatic heterocycles. The van der Waals surface area contributed by atoms with E-state index in [1.54, 1.807) is 12.1 Å². The average molecular weight is 300 g/mol. The number of carboxylic acid groups (broad SMARTS) is 1. The summed E-state index contributed by atoms with van der Waals surface area (Å²) in [6, 6.07) is 2.63. The molecule has 0 aromatic heterocycles. The first kappa shape index (κ1) is 14.9. The van der Waals surface area contributed by atoms with Gasteiger partial charge in [0, 0.05) is 22.5 Å². The number of benzene rings is 1. The van der Waals surface area contributed by atoms with E-state index in [0.717, 1.165) is 0 Å². The van der Waals surface area contributed by atoms with Gasteiger partial charge in [0.1, 0.15) is 0 Å². The van der Waals surface area contributed by atoms with Crippen LogP contribution in [0.4, 0.5) is 0 Å². The molecule has 110 valence electrons. The van der Waals surface area contributed by atoms with Gasteiger partial charge in [0.25, 0.3) is 0 Å². The maximum atomic E-state index is 10.7. The fourth-order valence-corrected chi connectivity index (χ4v) is 2.24. The zero-order valence-corrected chi connectivity index (χ0v) is 12.2. The number of nitrogens with two attached hydrogens (primary N) is 1. The molecule has 1 atom stereocenters. The molecule has 20 heavy (non-hydrogen) atoms. The van der Waals surface area contributed by atoms with E-state index in [4.69, 9.17) is 31.9 Å². The van der Waals surface area contributed by atoms with Crippen LogP contribution in [0, 0.1) is 5.41 Å². The average Bonchev–Trinajstić information content (AvgIpc) is 2.47. The van der Waals surface area contributed by atoms with E-state index in [2.05, 4.69) is 0 Å². The topological polar surface area (TPSA) is 81.8 Å². The predicted octanol–water partition coefficient (Wildman–Crippen LogP) is 2.61. The molecule has 1 aromatic carbocycles. The van der Waals surface area contributed by atoms with Gasteiger partial charge in [0.2, 0.25) is 0 Å². The smallest absolute Gasteiger partial charge is 0.305 e. The van der Waals surface area contributed by atoms with Crippen LogP contribution in [0.2, 0.25) is 5.02 Å². The quantitative estimate of drug-likeness (QED) is 0.896. The fraction of sp³-hybridized carbons (Fsp3) is 0.500. The van der Waals surface area contributed by atoms with Crippen LogP contribution in [0.15, 0.2) is 12.1 Å². The molecule has 1 aromatic rings. The van der Waals surface area contributed by atoms with Crippen molar-refractivity contribution >= 4 is 17.6 Å². The highest BCUT2D eigenvalue weighted by Crippen LogP contribution is 2.39. The number of halogens is 1. The molecule has 3 N–H and O–H groups in total. The maximum Gasteiger partial charge on any atom is 0.305 e. The lowest BCUT2D eigenvalue weighted by Crippen LogP contribution is -2.26. The number of rotatable bonds is 3. The molecule has 1 aliphatic rings. The van der Waals surface area contributed by atoms with Crippen LogP contribution in [0.3, 0.4) is 0 Å². The monoisotopic (exact) mass is 299 g/mol. The number of ether oxygens (including phenoxy) is 2. The summed E-state index contributed by atoms with van der Waals surface area (Å²) < 4.78 is 11.4. The van der Waals surface area contributed by atoms with Crippen LogP contribution in [-0.2, 0) is 4.79 Å². The molecule has 0 radical (unpaired) electrons. The highest BCUT2D eigenvalue weighted by Gasteiger charge is 2.27. The third-order valence-corrected chi connectivity index (χ3v) is 3.42. The van der Waals surface area contributed by atoms with E-state index in [-0.39, 0.29) is 11.8 Å². The molecule has 0 aliphatic carbocycles. The second-order valence-corrected chi connectivity index (χ2v) is 6.17. The molecular weight excluding hydrogens is 282 g/mol. The van der Waals surface area contributed by atoms with Gasteiger partial charge in [-0.15, -0.1) is 0 Å². The van der Waals surface area contributed by atoms with Gasteiger partial charge in [0.15, 0.2) is 11.5 Å². The van der Waals surface area contributed by atoms with E-state index < -0.39 is 12.0 Å². The van der Waals surface area contributed by atoms with Crippen molar-refractivity contribution in [3.8, 4) is 11.5 Å². The third-order valence-electron chi connectivity index (χ3n) is 3.09. The molecule has 2 rings (SSSR count). The van der Waals surface area contributed by atoms with Gasteiger partial charge < -0.3 is 20.3 Å². The summed E-state index contributed by atoms with van der Waals surface area (Å²) in [7, 11) is 0. The SMILES string of the molecule is CC1(C)COc2cc(Cl)c(C(N)CC(=O)O)cc2OC1. The molecule has 1 heterocycles. The summed E-state index contributed by atoms with van der Waals surface area (Å²) in [5.41, 5.74) is 6.31. The van der Waals surface area contributed by atoms with Crippen LogP contribution in [0.25, 0.3) is 0 Å². The van der Waals surface area contributed by atoms with Crippen LogP contribution in [0.1, 0.15) is 31.9 Å². The van der Waals surface area contributed by atoms with E-state index >= 15 is 0 Å². The lowest BCUT2D eigenvalue weighted by molar-refractivity contribution is -0.137. The van der Waals surface area contributed by atoms with Crippen LogP contribution >= 0.6 is 11.6 Å². The van der Waals surface area contributed by atoms with Crippen molar-refractivity contribution in [1.82, 2.24) is 0 Å². The van der Waals surface area contributed by atoms with Gasteiger partial charge in [-0.3, -0.25) is 4.79 Å². The van der Waals surface area contributed by atoms with Crippen LogP contribution in [0.5, 0.6) is 11.5 Å². The summed E-state index contributed by atoms with van der Waals surface area (Å²) >= 11 is 6.16. The highest BCUT2D eigenvalue weighted by atomic mass is 35.5. The molecule has 0 saturated heterocycles. The standard InChI is InChI=1S/C14H18ClNO4/c1-14(2)6-19-11-3-8(10(16)5-13(17)18)9(15)4-12(11)20-7-14/h3-4,10H,5-7,16H2,1-2H3,(H,17,18). The van der Waals surface area contributed by atoms with E-state index in [9.17, 15) is 4.79 Å². The molecule has 0 saturated carbocycles. The van der Waals surface area contributed by atoms with Gasteiger partial charge in [-0.05, 0) is 11.6 Å². The maximum absolute atomic E-state index is 10.7. The second kappa shape index (κ2) is 5.50. The Bertz CT molecular complexity index is 530. The first-order valence-electron chi connectivity index (χ1n) is 6.35. The Morgan fingerprint density at radius 3 is 2.50 bits per heavy atom. The van der Waals surface area contributed by atoms with Gasteiger partial charge in [0.05, 0.1) is 19.6 Å². The summed E-state index contributed by atoms with van der Waals surface area (Å²) in [5, 5.41) is 9.20. The van der Waals surface area contributed by atoms with Crippen molar-refractivity contribution in [3.05, 3.63) is 22.7 Å². The molecule has 0 amide bonds. The Morgan fingerprint density at radius 1 is 1.40 bits per heavy atom. The third kappa shape index (κ3) is 3.35. The van der Waals surface area contributed by atoms with Gasteiger partial charge in [-0.25, -0.2) is 0 Å². The Labute approximate surface area is 122 Å². The zero-order chi connectivity index (χ0) is 14.9. The summed E-state index contributed by atoms with van der Waals surface area (Å²) in [5.74, 6) is 0.143. The number of aliphatic carboxylic acids is 1. The normalized spacial score (nSPS) is 18.2. The Kier molecular flexibility index (Phi) is 4.11. The Hall–Kier alpha value is -1.46. The minimum absolute atomic E-state index is 0.102. The molecular formula is C14H18ClNO4. The Balaban J connectivity index is 2.31. The minimum atomic E-state index is -0.971. The number of hydrogen-bond acceptors (Lipinski definition) is 4. The van der Waals surface area contributed by atoms with Crippen molar-refractivity contribution in [2.45, 2.75) is 26.3 Å². The molecule has 6 heteroatoms. The van der Waals surface area contributed by atoms with Gasteiger partial charge in [-0.1, -0.05) is 25.4 Å². The lowest BCUT2D eigenvalue weighted by Gasteiger charge is -2.19. The predicted molar refractivity (Wildman–Crippen MR) is 75.4 cm³/mol. The lowest BCUT2D eigenvalue weighted by atomic mass is 9.97. The van der Waals surface area contributed by atoms with Crippen molar-refractivity contribution in [2.75, 3.05) is 13.2 Å². The van der Waals surface area contributed by atoms with Crippen LogP contribution < -0.4 is 15.2 Å². The number of carbonyl (C=O) groups is 1. The number of carboxylic acids is 1. The van der Waals surface area contributed by atoms with Gasteiger partial charge >= 0.3 is 5.97 Å². The molecule has 5 nitrogen and oxygen atoms in total. The zero-order valence-electron chi connectivity index (χ0n) is 11.5. The van der Waals surface area contributed by atoms with Gasteiger partial charge in [-0.2, -0.15) is 0 Å². The molecule has 0 bridgehead atoms. The van der Waals surface area contributed by atoms with E-state index in [0.29, 0.717) is 35.3 Å².